The van der Waals surface area contributed by atoms with Crippen molar-refractivity contribution in [3.63, 3.8) is 0 Å². The van der Waals surface area contributed by atoms with E-state index < -0.39 is 9.84 Å². The monoisotopic (exact) mass is 348 g/mol. The molecule has 1 atom stereocenters. The lowest BCUT2D eigenvalue weighted by molar-refractivity contribution is -0.121. The molecule has 1 unspecified atom stereocenters. The molecule has 3 rings (SSSR count). The highest BCUT2D eigenvalue weighted by atomic mass is 32.2. The van der Waals surface area contributed by atoms with Crippen molar-refractivity contribution in [3.05, 3.63) is 41.8 Å². The Morgan fingerprint density at radius 3 is 2.96 bits per heavy atom. The largest absolute Gasteiger partial charge is 0.356 e. The van der Waals surface area contributed by atoms with Gasteiger partial charge in [0.1, 0.15) is 5.69 Å². The van der Waals surface area contributed by atoms with Crippen molar-refractivity contribution in [2.75, 3.05) is 12.3 Å². The van der Waals surface area contributed by atoms with Gasteiger partial charge in [-0.1, -0.05) is 17.3 Å². The maximum Gasteiger partial charge on any atom is 0.228 e. The molecule has 0 radical (unpaired) electrons. The lowest BCUT2D eigenvalue weighted by Crippen LogP contribution is -2.28. The van der Waals surface area contributed by atoms with Crippen LogP contribution in [-0.2, 0) is 21.1 Å². The van der Waals surface area contributed by atoms with Crippen LogP contribution in [0.2, 0.25) is 0 Å². The third-order valence-electron chi connectivity index (χ3n) is 3.48. The molecular weight excluding hydrogens is 332 g/mol. The Balaban J connectivity index is 1.44. The van der Waals surface area contributed by atoms with E-state index in [0.29, 0.717) is 30.4 Å². The topological polar surface area (TPSA) is 115 Å². The molecule has 0 aliphatic carbocycles. The maximum atomic E-state index is 11.8. The van der Waals surface area contributed by atoms with Gasteiger partial charge in [0.2, 0.25) is 17.6 Å². The predicted molar refractivity (Wildman–Crippen MR) is 85.3 cm³/mol. The maximum absolute atomic E-state index is 11.8. The fourth-order valence-electron chi connectivity index (χ4n) is 2.34. The number of rotatable bonds is 6. The number of allylic oxidation sites excluding steroid dienone is 1. The molecule has 2 aromatic heterocycles. The first kappa shape index (κ1) is 16.3. The number of carbonyl (C=O) groups is 1. The van der Waals surface area contributed by atoms with Crippen LogP contribution in [0, 0.1) is 5.92 Å². The molecule has 0 aromatic carbocycles. The fourth-order valence-corrected chi connectivity index (χ4v) is 3.74. The molecule has 1 amide bonds. The van der Waals surface area contributed by atoms with Crippen LogP contribution in [0.4, 0.5) is 0 Å². The molecule has 0 fully saturated rings. The lowest BCUT2D eigenvalue weighted by Gasteiger charge is -2.06. The van der Waals surface area contributed by atoms with E-state index in [0.717, 1.165) is 0 Å². The predicted octanol–water partition coefficient (Wildman–Crippen LogP) is 0.739. The summed E-state index contributed by atoms with van der Waals surface area (Å²) < 4.78 is 27.7. The third kappa shape index (κ3) is 4.25. The Bertz CT molecular complexity index is 845. The average molecular weight is 348 g/mol. The number of pyridine rings is 1. The van der Waals surface area contributed by atoms with Crippen LogP contribution in [0.1, 0.15) is 12.3 Å². The summed E-state index contributed by atoms with van der Waals surface area (Å²) in [6.45, 7) is 0.339. The van der Waals surface area contributed by atoms with Crippen molar-refractivity contribution >= 4 is 15.7 Å². The van der Waals surface area contributed by atoms with Gasteiger partial charge in [-0.2, -0.15) is 4.98 Å². The highest BCUT2D eigenvalue weighted by molar-refractivity contribution is 7.94. The summed E-state index contributed by atoms with van der Waals surface area (Å²) >= 11 is 0. The Morgan fingerprint density at radius 1 is 1.38 bits per heavy atom. The van der Waals surface area contributed by atoms with Crippen molar-refractivity contribution in [3.8, 4) is 11.5 Å². The van der Waals surface area contributed by atoms with Gasteiger partial charge < -0.3 is 9.84 Å². The Hall–Kier alpha value is -2.55. The standard InChI is InChI=1S/C15H16N4O4S/c20-13(9-11-5-8-24(21,22)10-11)17-7-4-14-18-15(19-23-14)12-3-1-2-6-16-12/h1-3,5-6,8,11H,4,7,9-10H2,(H,17,20). The average Bonchev–Trinajstić information content (AvgIpc) is 3.15. The van der Waals surface area contributed by atoms with Crippen LogP contribution < -0.4 is 5.32 Å². The number of nitrogens with zero attached hydrogens (tertiary/aromatic N) is 3. The van der Waals surface area contributed by atoms with Crippen molar-refractivity contribution in [2.45, 2.75) is 12.8 Å². The Labute approximate surface area is 138 Å². The highest BCUT2D eigenvalue weighted by Crippen LogP contribution is 2.18. The molecular formula is C15H16N4O4S. The smallest absolute Gasteiger partial charge is 0.228 e. The van der Waals surface area contributed by atoms with Gasteiger partial charge in [-0.05, 0) is 12.1 Å². The number of amides is 1. The molecule has 8 nitrogen and oxygen atoms in total. The first-order valence-corrected chi connectivity index (χ1v) is 9.15. The number of hydrogen-bond acceptors (Lipinski definition) is 7. The van der Waals surface area contributed by atoms with Gasteiger partial charge in [-0.3, -0.25) is 9.78 Å². The van der Waals surface area contributed by atoms with Gasteiger partial charge in [0.25, 0.3) is 0 Å². The second kappa shape index (κ2) is 6.91. The van der Waals surface area contributed by atoms with Crippen LogP contribution in [0.5, 0.6) is 0 Å². The molecule has 3 heterocycles. The minimum atomic E-state index is -3.13. The summed E-state index contributed by atoms with van der Waals surface area (Å²) in [5.41, 5.74) is 0.616. The SMILES string of the molecule is O=C(CC1C=CS(=O)(=O)C1)NCCc1nc(-c2ccccn2)no1. The highest BCUT2D eigenvalue weighted by Gasteiger charge is 2.23. The van der Waals surface area contributed by atoms with Crippen LogP contribution >= 0.6 is 0 Å². The van der Waals surface area contributed by atoms with E-state index in [1.54, 1.807) is 24.4 Å². The molecule has 0 bridgehead atoms. The van der Waals surface area contributed by atoms with E-state index in [1.165, 1.54) is 5.41 Å². The van der Waals surface area contributed by atoms with E-state index in [-0.39, 0.29) is 24.0 Å². The normalized spacial score (nSPS) is 18.6. The van der Waals surface area contributed by atoms with Gasteiger partial charge >= 0.3 is 0 Å². The molecule has 2 aromatic rings. The van der Waals surface area contributed by atoms with Crippen LogP contribution in [0.3, 0.4) is 0 Å². The minimum Gasteiger partial charge on any atom is -0.356 e. The van der Waals surface area contributed by atoms with Gasteiger partial charge in [0, 0.05) is 36.9 Å². The summed E-state index contributed by atoms with van der Waals surface area (Å²) in [4.78, 5) is 20.2. The van der Waals surface area contributed by atoms with Crippen LogP contribution in [0.25, 0.3) is 11.5 Å². The Morgan fingerprint density at radius 2 is 2.25 bits per heavy atom. The summed E-state index contributed by atoms with van der Waals surface area (Å²) in [6, 6.07) is 5.40. The van der Waals surface area contributed by atoms with Crippen molar-refractivity contribution in [1.29, 1.82) is 0 Å². The van der Waals surface area contributed by atoms with Crippen LogP contribution in [-0.4, -0.2) is 41.7 Å². The number of carbonyl (C=O) groups excluding carboxylic acids is 1. The molecule has 0 saturated carbocycles. The molecule has 1 aliphatic heterocycles. The molecule has 0 saturated heterocycles. The van der Waals surface area contributed by atoms with Crippen LogP contribution in [0.15, 0.2) is 40.4 Å². The van der Waals surface area contributed by atoms with Gasteiger partial charge in [-0.15, -0.1) is 0 Å². The zero-order chi connectivity index (χ0) is 17.0. The second-order valence-electron chi connectivity index (χ2n) is 5.45. The lowest BCUT2D eigenvalue weighted by atomic mass is 10.1. The molecule has 1 N–H and O–H groups in total. The quantitative estimate of drug-likeness (QED) is 0.818. The number of aromatic nitrogens is 3. The Kier molecular flexibility index (Phi) is 4.70. The van der Waals surface area contributed by atoms with Gasteiger partial charge in [0.15, 0.2) is 9.84 Å². The zero-order valence-electron chi connectivity index (χ0n) is 12.8. The number of hydrogen-bond donors (Lipinski definition) is 1. The summed E-state index contributed by atoms with van der Waals surface area (Å²) in [5, 5.41) is 7.74. The molecule has 0 spiro atoms. The zero-order valence-corrected chi connectivity index (χ0v) is 13.6. The van der Waals surface area contributed by atoms with Crippen molar-refractivity contribution in [2.24, 2.45) is 5.92 Å². The van der Waals surface area contributed by atoms with E-state index >= 15 is 0 Å². The summed E-state index contributed by atoms with van der Waals surface area (Å²) in [5.74, 6) is 0.343. The van der Waals surface area contributed by atoms with E-state index in [4.69, 9.17) is 4.52 Å². The first-order valence-electron chi connectivity index (χ1n) is 7.43. The molecule has 1 aliphatic rings. The van der Waals surface area contributed by atoms with E-state index in [1.807, 2.05) is 6.07 Å². The molecule has 126 valence electrons. The number of sulfone groups is 1. The third-order valence-corrected chi connectivity index (χ3v) is 4.94. The fraction of sp³-hybridized carbons (Fsp3) is 0.333. The minimum absolute atomic E-state index is 0.00247. The van der Waals surface area contributed by atoms with E-state index in [9.17, 15) is 13.2 Å². The van der Waals surface area contributed by atoms with Gasteiger partial charge in [-0.25, -0.2) is 8.42 Å². The summed E-state index contributed by atoms with van der Waals surface area (Å²) in [6.07, 6.45) is 3.75. The van der Waals surface area contributed by atoms with Crippen molar-refractivity contribution in [1.82, 2.24) is 20.4 Å². The van der Waals surface area contributed by atoms with E-state index in [2.05, 4.69) is 20.4 Å². The van der Waals surface area contributed by atoms with Gasteiger partial charge in [0.05, 0.1) is 5.75 Å². The second-order valence-corrected chi connectivity index (χ2v) is 7.38. The summed E-state index contributed by atoms with van der Waals surface area (Å²) in [7, 11) is -3.13. The molecule has 24 heavy (non-hydrogen) atoms. The number of nitrogens with one attached hydrogen (secondary N) is 1. The first-order chi connectivity index (χ1) is 11.5. The van der Waals surface area contributed by atoms with Crippen molar-refractivity contribution < 1.29 is 17.7 Å². The molecule has 9 heteroatoms.